The molecule has 0 amide bonds. The summed E-state index contributed by atoms with van der Waals surface area (Å²) in [5.74, 6) is 0. The topological polar surface area (TPSA) is 9.23 Å². The lowest BCUT2D eigenvalue weighted by atomic mass is 10.1. The Morgan fingerprint density at radius 2 is 2.05 bits per heavy atom. The Balaban J connectivity index is 2.10. The third-order valence-electron chi connectivity index (χ3n) is 3.05. The van der Waals surface area contributed by atoms with Crippen molar-refractivity contribution in [3.05, 3.63) is 44.3 Å². The first-order chi connectivity index (χ1) is 9.90. The van der Waals surface area contributed by atoms with Gasteiger partial charge in [0.25, 0.3) is 0 Å². The van der Waals surface area contributed by atoms with Gasteiger partial charge in [-0.05, 0) is 49.8 Å². The number of thiophene rings is 1. The van der Waals surface area contributed by atoms with Crippen LogP contribution in [0.25, 0.3) is 10.1 Å². The molecule has 0 N–H and O–H groups in total. The van der Waals surface area contributed by atoms with E-state index in [9.17, 15) is 0 Å². The van der Waals surface area contributed by atoms with Crippen molar-refractivity contribution < 1.29 is 4.74 Å². The number of aryl methyl sites for hydroxylation is 1. The van der Waals surface area contributed by atoms with Gasteiger partial charge in [-0.25, -0.2) is 0 Å². The minimum atomic E-state index is -0.134. The summed E-state index contributed by atoms with van der Waals surface area (Å²) in [7, 11) is 0. The van der Waals surface area contributed by atoms with Crippen molar-refractivity contribution in [2.24, 2.45) is 0 Å². The molecule has 1 unspecified atom stereocenters. The Kier molecular flexibility index (Phi) is 6.12. The largest absolute Gasteiger partial charge is 0.369 e. The van der Waals surface area contributed by atoms with Gasteiger partial charge in [-0.3, -0.25) is 0 Å². The van der Waals surface area contributed by atoms with E-state index in [1.165, 1.54) is 9.58 Å². The molecule has 1 aromatic heterocycles. The van der Waals surface area contributed by atoms with Crippen LogP contribution in [0.3, 0.4) is 0 Å². The van der Waals surface area contributed by atoms with Crippen LogP contribution < -0.4 is 0 Å². The van der Waals surface area contributed by atoms with Gasteiger partial charge in [0.15, 0.2) is 0 Å². The molecule has 4 heteroatoms. The van der Waals surface area contributed by atoms with E-state index in [1.807, 2.05) is 10.1 Å². The standard InChI is InChI=1S/C17H20ClIOS/c1-17(2,3)20-12(10-11-19)8-9-15-16(18)13-6-4-5-7-14(13)21-15/h4-7,10-12H,8-9H2,1-3H3/b11-10+. The third kappa shape index (κ3) is 4.95. The summed E-state index contributed by atoms with van der Waals surface area (Å²) in [5.41, 5.74) is -0.134. The molecular formula is C17H20ClIOS. The monoisotopic (exact) mass is 434 g/mol. The van der Waals surface area contributed by atoms with E-state index in [0.29, 0.717) is 0 Å². The Labute approximate surface area is 149 Å². The van der Waals surface area contributed by atoms with Crippen LogP contribution >= 0.6 is 45.5 Å². The molecule has 1 atom stereocenters. The molecule has 0 aliphatic heterocycles. The second kappa shape index (κ2) is 7.44. The lowest BCUT2D eigenvalue weighted by Gasteiger charge is -2.25. The average molecular weight is 435 g/mol. The van der Waals surface area contributed by atoms with Crippen LogP contribution in [-0.4, -0.2) is 11.7 Å². The Bertz CT molecular complexity index is 627. The first kappa shape index (κ1) is 17.3. The van der Waals surface area contributed by atoms with Gasteiger partial charge in [0, 0.05) is 15.0 Å². The van der Waals surface area contributed by atoms with Crippen molar-refractivity contribution >= 4 is 55.6 Å². The predicted molar refractivity (Wildman–Crippen MR) is 103 cm³/mol. The van der Waals surface area contributed by atoms with Crippen molar-refractivity contribution in [1.82, 2.24) is 0 Å². The molecule has 2 rings (SSSR count). The maximum Gasteiger partial charge on any atom is 0.0773 e. The van der Waals surface area contributed by atoms with Gasteiger partial charge in [-0.15, -0.1) is 11.3 Å². The van der Waals surface area contributed by atoms with Crippen LogP contribution in [0.5, 0.6) is 0 Å². The summed E-state index contributed by atoms with van der Waals surface area (Å²) in [6.45, 7) is 6.27. The number of rotatable bonds is 5. The first-order valence-electron chi connectivity index (χ1n) is 7.01. The highest BCUT2D eigenvalue weighted by Crippen LogP contribution is 2.36. The normalized spacial score (nSPS) is 14.1. The van der Waals surface area contributed by atoms with Crippen LogP contribution in [0, 0.1) is 0 Å². The Morgan fingerprint density at radius 3 is 2.67 bits per heavy atom. The zero-order valence-corrected chi connectivity index (χ0v) is 16.3. The molecule has 1 aromatic carbocycles. The van der Waals surface area contributed by atoms with Gasteiger partial charge in [0.1, 0.15) is 0 Å². The number of fused-ring (bicyclic) bond motifs is 1. The van der Waals surface area contributed by atoms with Crippen LogP contribution in [-0.2, 0) is 11.2 Å². The molecule has 0 spiro atoms. The minimum absolute atomic E-state index is 0.128. The number of benzene rings is 1. The summed E-state index contributed by atoms with van der Waals surface area (Å²) in [5, 5.41) is 2.07. The zero-order chi connectivity index (χ0) is 15.5. The lowest BCUT2D eigenvalue weighted by molar-refractivity contribution is -0.0405. The smallest absolute Gasteiger partial charge is 0.0773 e. The van der Waals surface area contributed by atoms with Crippen LogP contribution in [0.4, 0.5) is 0 Å². The number of hydrogen-bond donors (Lipinski definition) is 0. The van der Waals surface area contributed by atoms with E-state index >= 15 is 0 Å². The molecule has 21 heavy (non-hydrogen) atoms. The van der Waals surface area contributed by atoms with Crippen LogP contribution in [0.1, 0.15) is 32.1 Å². The van der Waals surface area contributed by atoms with Crippen molar-refractivity contribution in [2.75, 3.05) is 0 Å². The van der Waals surface area contributed by atoms with Gasteiger partial charge < -0.3 is 4.74 Å². The molecule has 1 nitrogen and oxygen atoms in total. The van der Waals surface area contributed by atoms with E-state index in [0.717, 1.165) is 23.3 Å². The van der Waals surface area contributed by atoms with Gasteiger partial charge >= 0.3 is 0 Å². The van der Waals surface area contributed by atoms with Crippen LogP contribution in [0.2, 0.25) is 5.02 Å². The summed E-state index contributed by atoms with van der Waals surface area (Å²) >= 11 is 10.5. The van der Waals surface area contributed by atoms with E-state index in [4.69, 9.17) is 16.3 Å². The molecule has 114 valence electrons. The number of ether oxygens (including phenoxy) is 1. The average Bonchev–Trinajstić information content (AvgIpc) is 2.72. The van der Waals surface area contributed by atoms with Crippen molar-refractivity contribution in [3.63, 3.8) is 0 Å². The maximum absolute atomic E-state index is 6.50. The quantitative estimate of drug-likeness (QED) is 0.480. The fourth-order valence-corrected chi connectivity index (χ4v) is 4.23. The van der Waals surface area contributed by atoms with Gasteiger partial charge in [0.2, 0.25) is 0 Å². The van der Waals surface area contributed by atoms with E-state index in [1.54, 1.807) is 11.3 Å². The molecule has 0 fully saturated rings. The van der Waals surface area contributed by atoms with Crippen molar-refractivity contribution in [2.45, 2.75) is 45.3 Å². The highest BCUT2D eigenvalue weighted by Gasteiger charge is 2.18. The predicted octanol–water partition coefficient (Wildman–Crippen LogP) is 6.62. The van der Waals surface area contributed by atoms with E-state index in [-0.39, 0.29) is 11.7 Å². The van der Waals surface area contributed by atoms with E-state index in [2.05, 4.69) is 67.6 Å². The number of hydrogen-bond acceptors (Lipinski definition) is 2. The van der Waals surface area contributed by atoms with Crippen molar-refractivity contribution in [1.29, 1.82) is 0 Å². The molecule has 0 aliphatic rings. The lowest BCUT2D eigenvalue weighted by Crippen LogP contribution is -2.26. The second-order valence-corrected chi connectivity index (χ2v) is 8.20. The third-order valence-corrected chi connectivity index (χ3v) is 5.24. The second-order valence-electron chi connectivity index (χ2n) is 5.96. The Hall–Kier alpha value is -0.100. The molecule has 0 radical (unpaired) electrons. The zero-order valence-electron chi connectivity index (χ0n) is 12.5. The molecule has 0 saturated heterocycles. The molecular weight excluding hydrogens is 415 g/mol. The molecule has 0 bridgehead atoms. The van der Waals surface area contributed by atoms with Crippen molar-refractivity contribution in [3.8, 4) is 0 Å². The minimum Gasteiger partial charge on any atom is -0.369 e. The molecule has 0 aliphatic carbocycles. The summed E-state index contributed by atoms with van der Waals surface area (Å²) in [6, 6.07) is 8.31. The summed E-state index contributed by atoms with van der Waals surface area (Å²) < 4.78 is 9.37. The summed E-state index contributed by atoms with van der Waals surface area (Å²) in [4.78, 5) is 1.25. The molecule has 2 aromatic rings. The fraction of sp³-hybridized carbons (Fsp3) is 0.412. The summed E-state index contributed by atoms with van der Waals surface area (Å²) in [6.07, 6.45) is 4.14. The highest BCUT2D eigenvalue weighted by molar-refractivity contribution is 14.1. The molecule has 0 saturated carbocycles. The molecule has 1 heterocycles. The SMILES string of the molecule is CC(C)(C)OC(/C=C/I)CCc1sc2ccccc2c1Cl. The highest BCUT2D eigenvalue weighted by atomic mass is 127. The maximum atomic E-state index is 6.50. The van der Waals surface area contributed by atoms with E-state index < -0.39 is 0 Å². The van der Waals surface area contributed by atoms with Gasteiger partial charge in [-0.2, -0.15) is 0 Å². The fourth-order valence-electron chi connectivity index (χ4n) is 2.23. The Morgan fingerprint density at radius 1 is 1.33 bits per heavy atom. The van der Waals surface area contributed by atoms with Gasteiger partial charge in [-0.1, -0.05) is 52.4 Å². The first-order valence-corrected chi connectivity index (χ1v) is 9.45. The number of halogens is 2. The van der Waals surface area contributed by atoms with Crippen LogP contribution in [0.15, 0.2) is 34.4 Å². The van der Waals surface area contributed by atoms with Gasteiger partial charge in [0.05, 0.1) is 16.7 Å².